The molecule has 1 N–H and O–H groups in total. The van der Waals surface area contributed by atoms with Crippen molar-refractivity contribution in [1.29, 1.82) is 5.41 Å². The monoisotopic (exact) mass is 139 g/mol. The van der Waals surface area contributed by atoms with Crippen molar-refractivity contribution in [2.75, 3.05) is 0 Å². The quantitative estimate of drug-likeness (QED) is 0.434. The molecule has 0 spiro atoms. The van der Waals surface area contributed by atoms with Crippen LogP contribution in [0.4, 0.5) is 0 Å². The third-order valence-electron chi connectivity index (χ3n) is 2.62. The Balaban J connectivity index is 1.94. The van der Waals surface area contributed by atoms with E-state index in [0.29, 0.717) is 18.1 Å². The molecule has 1 heterocycles. The summed E-state index contributed by atoms with van der Waals surface area (Å²) in [6.07, 6.45) is 4.58. The number of hydrogen-bond acceptors (Lipinski definition) is 2. The van der Waals surface area contributed by atoms with Gasteiger partial charge in [0.25, 0.3) is 0 Å². The van der Waals surface area contributed by atoms with Crippen LogP contribution in [0.1, 0.15) is 26.2 Å². The molecule has 0 radical (unpaired) electrons. The molecule has 2 heteroatoms. The highest BCUT2D eigenvalue weighted by molar-refractivity contribution is 5.81. The normalized spacial score (nSPS) is 44.3. The molecule has 10 heavy (non-hydrogen) atoms. The summed E-state index contributed by atoms with van der Waals surface area (Å²) >= 11 is 0. The summed E-state index contributed by atoms with van der Waals surface area (Å²) in [5.41, 5.74) is 0.842. The molecule has 0 amide bonds. The largest absolute Gasteiger partial charge is 0.370 e. The minimum Gasteiger partial charge on any atom is -0.370 e. The summed E-state index contributed by atoms with van der Waals surface area (Å²) in [7, 11) is 0. The summed E-state index contributed by atoms with van der Waals surface area (Å²) in [5.74, 6) is 0.531. The van der Waals surface area contributed by atoms with Gasteiger partial charge in [0.05, 0.1) is 12.2 Å². The van der Waals surface area contributed by atoms with Crippen molar-refractivity contribution in [3.05, 3.63) is 0 Å². The first kappa shape index (κ1) is 6.35. The van der Waals surface area contributed by atoms with Crippen molar-refractivity contribution >= 4 is 5.71 Å². The zero-order valence-corrected chi connectivity index (χ0v) is 6.26. The van der Waals surface area contributed by atoms with E-state index in [0.717, 1.165) is 12.1 Å². The van der Waals surface area contributed by atoms with Gasteiger partial charge >= 0.3 is 0 Å². The van der Waals surface area contributed by atoms with Gasteiger partial charge in [-0.2, -0.15) is 0 Å². The van der Waals surface area contributed by atoms with Gasteiger partial charge in [0.1, 0.15) is 0 Å². The second-order valence-electron chi connectivity index (χ2n) is 3.41. The topological polar surface area (TPSA) is 36.4 Å². The Labute approximate surface area is 61.1 Å². The summed E-state index contributed by atoms with van der Waals surface area (Å²) in [4.78, 5) is 0. The van der Waals surface area contributed by atoms with Crippen LogP contribution < -0.4 is 0 Å². The maximum absolute atomic E-state index is 7.44. The van der Waals surface area contributed by atoms with Crippen LogP contribution in [0.15, 0.2) is 0 Å². The van der Waals surface area contributed by atoms with Gasteiger partial charge in [0.15, 0.2) is 0 Å². The lowest BCUT2D eigenvalue weighted by Crippen LogP contribution is -2.18. The van der Waals surface area contributed by atoms with E-state index in [4.69, 9.17) is 10.1 Å². The fraction of sp³-hybridized carbons (Fsp3) is 0.875. The van der Waals surface area contributed by atoms with Crippen molar-refractivity contribution in [2.24, 2.45) is 5.92 Å². The molecule has 0 aromatic rings. The molecule has 2 rings (SSSR count). The fourth-order valence-electron chi connectivity index (χ4n) is 1.80. The third kappa shape index (κ3) is 0.966. The Morgan fingerprint density at radius 2 is 2.20 bits per heavy atom. The standard InChI is InChI=1S/C8H13NO/c1-5(9)6-2-3-7-8(4-6)10-7/h6-9H,2-4H2,1H3. The highest BCUT2D eigenvalue weighted by atomic mass is 16.6. The van der Waals surface area contributed by atoms with Crippen LogP contribution in [0, 0.1) is 11.3 Å². The molecule has 1 saturated carbocycles. The second kappa shape index (κ2) is 2.06. The molecular weight excluding hydrogens is 126 g/mol. The first-order chi connectivity index (χ1) is 4.77. The van der Waals surface area contributed by atoms with Crippen LogP contribution >= 0.6 is 0 Å². The molecule has 1 saturated heterocycles. The Hall–Kier alpha value is -0.370. The van der Waals surface area contributed by atoms with Crippen molar-refractivity contribution in [2.45, 2.75) is 38.4 Å². The van der Waals surface area contributed by atoms with E-state index in [1.165, 1.54) is 12.8 Å². The second-order valence-corrected chi connectivity index (χ2v) is 3.41. The molecule has 2 fully saturated rings. The zero-order chi connectivity index (χ0) is 7.14. The predicted octanol–water partition coefficient (Wildman–Crippen LogP) is 1.59. The van der Waals surface area contributed by atoms with Crippen LogP contribution in [0.5, 0.6) is 0 Å². The van der Waals surface area contributed by atoms with Gasteiger partial charge in [0, 0.05) is 5.71 Å². The summed E-state index contributed by atoms with van der Waals surface area (Å²) < 4.78 is 5.36. The molecule has 0 aromatic carbocycles. The Morgan fingerprint density at radius 3 is 2.80 bits per heavy atom. The van der Waals surface area contributed by atoms with Gasteiger partial charge in [-0.3, -0.25) is 0 Å². The summed E-state index contributed by atoms with van der Waals surface area (Å²) in [6, 6.07) is 0. The number of hydrogen-bond donors (Lipinski definition) is 1. The van der Waals surface area contributed by atoms with Crippen molar-refractivity contribution in [3.63, 3.8) is 0 Å². The SMILES string of the molecule is CC(=N)C1CCC2OC2C1. The van der Waals surface area contributed by atoms with Crippen LogP contribution in [0.3, 0.4) is 0 Å². The van der Waals surface area contributed by atoms with E-state index in [2.05, 4.69) is 0 Å². The lowest BCUT2D eigenvalue weighted by atomic mass is 9.86. The highest BCUT2D eigenvalue weighted by Gasteiger charge is 2.44. The van der Waals surface area contributed by atoms with Gasteiger partial charge in [-0.25, -0.2) is 0 Å². The zero-order valence-electron chi connectivity index (χ0n) is 6.26. The highest BCUT2D eigenvalue weighted by Crippen LogP contribution is 2.39. The van der Waals surface area contributed by atoms with Crippen LogP contribution in [-0.2, 0) is 4.74 Å². The van der Waals surface area contributed by atoms with Crippen LogP contribution in [-0.4, -0.2) is 17.9 Å². The first-order valence-electron chi connectivity index (χ1n) is 3.98. The third-order valence-corrected chi connectivity index (χ3v) is 2.62. The van der Waals surface area contributed by atoms with E-state index in [1.807, 2.05) is 6.92 Å². The molecule has 2 aliphatic rings. The molecule has 3 unspecified atom stereocenters. The molecular formula is C8H13NO. The lowest BCUT2D eigenvalue weighted by molar-refractivity contribution is 0.371. The smallest absolute Gasteiger partial charge is 0.0848 e. The van der Waals surface area contributed by atoms with Crippen molar-refractivity contribution < 1.29 is 4.74 Å². The molecule has 3 atom stereocenters. The summed E-state index contributed by atoms with van der Waals surface area (Å²) in [6.45, 7) is 1.91. The molecule has 0 bridgehead atoms. The fourth-order valence-corrected chi connectivity index (χ4v) is 1.80. The molecule has 56 valence electrons. The Kier molecular flexibility index (Phi) is 1.31. The minimum atomic E-state index is 0.527. The van der Waals surface area contributed by atoms with Crippen LogP contribution in [0.25, 0.3) is 0 Å². The first-order valence-corrected chi connectivity index (χ1v) is 3.98. The molecule has 1 aliphatic carbocycles. The minimum absolute atomic E-state index is 0.527. The van der Waals surface area contributed by atoms with Gasteiger partial charge in [-0.05, 0) is 32.1 Å². The number of fused-ring (bicyclic) bond motifs is 1. The molecule has 0 aromatic heterocycles. The number of ether oxygens (including phenoxy) is 1. The average Bonchev–Trinajstić information content (AvgIpc) is 2.63. The molecule has 2 nitrogen and oxygen atoms in total. The van der Waals surface area contributed by atoms with Gasteiger partial charge < -0.3 is 10.1 Å². The molecule has 1 aliphatic heterocycles. The van der Waals surface area contributed by atoms with E-state index in [9.17, 15) is 0 Å². The van der Waals surface area contributed by atoms with Gasteiger partial charge in [0.2, 0.25) is 0 Å². The number of epoxide rings is 1. The Bertz CT molecular complexity index is 167. The maximum Gasteiger partial charge on any atom is 0.0848 e. The summed E-state index contributed by atoms with van der Waals surface area (Å²) in [5, 5.41) is 7.44. The predicted molar refractivity (Wildman–Crippen MR) is 39.4 cm³/mol. The van der Waals surface area contributed by atoms with Crippen LogP contribution in [0.2, 0.25) is 0 Å². The lowest BCUT2D eigenvalue weighted by Gasteiger charge is -2.16. The average molecular weight is 139 g/mol. The number of rotatable bonds is 1. The van der Waals surface area contributed by atoms with Gasteiger partial charge in [-0.1, -0.05) is 0 Å². The van der Waals surface area contributed by atoms with E-state index in [-0.39, 0.29) is 0 Å². The van der Waals surface area contributed by atoms with Crippen molar-refractivity contribution in [1.82, 2.24) is 0 Å². The van der Waals surface area contributed by atoms with E-state index < -0.39 is 0 Å². The number of nitrogens with one attached hydrogen (secondary N) is 1. The Morgan fingerprint density at radius 1 is 1.40 bits per heavy atom. The van der Waals surface area contributed by atoms with E-state index >= 15 is 0 Å². The van der Waals surface area contributed by atoms with E-state index in [1.54, 1.807) is 0 Å². The van der Waals surface area contributed by atoms with Gasteiger partial charge in [-0.15, -0.1) is 0 Å². The maximum atomic E-state index is 7.44. The van der Waals surface area contributed by atoms with Crippen molar-refractivity contribution in [3.8, 4) is 0 Å².